The van der Waals surface area contributed by atoms with Crippen molar-refractivity contribution in [3.63, 3.8) is 0 Å². The van der Waals surface area contributed by atoms with Crippen LogP contribution in [0.15, 0.2) is 24.4 Å². The van der Waals surface area contributed by atoms with Crippen LogP contribution < -0.4 is 11.1 Å². The number of hydrogen-bond donors (Lipinski definition) is 3. The molecule has 2 rings (SSSR count). The van der Waals surface area contributed by atoms with Crippen molar-refractivity contribution in [3.05, 3.63) is 30.0 Å². The fourth-order valence-corrected chi connectivity index (χ4v) is 1.87. The van der Waals surface area contributed by atoms with Gasteiger partial charge in [0.05, 0.1) is 0 Å². The molecule has 0 radical (unpaired) electrons. The minimum Gasteiger partial charge on any atom is -0.480 e. The van der Waals surface area contributed by atoms with E-state index in [9.17, 15) is 4.79 Å². The molecule has 1 heterocycles. The second kappa shape index (κ2) is 4.52. The number of carboxylic acid groups (broad SMARTS) is 1. The first kappa shape index (κ1) is 12.2. The largest absolute Gasteiger partial charge is 0.480 e. The van der Waals surface area contributed by atoms with Crippen molar-refractivity contribution < 1.29 is 9.90 Å². The lowest BCUT2D eigenvalue weighted by molar-refractivity contribution is -0.137. The first-order chi connectivity index (χ1) is 8.50. The summed E-state index contributed by atoms with van der Waals surface area (Å²) in [6, 6.07) is 4.86. The number of fused-ring (bicyclic) bond motifs is 1. The van der Waals surface area contributed by atoms with Gasteiger partial charge in [-0.25, -0.2) is 4.98 Å². The molecule has 0 aliphatic carbocycles. The lowest BCUT2D eigenvalue weighted by atomic mass is 10.0. The first-order valence-electron chi connectivity index (χ1n) is 5.64. The predicted molar refractivity (Wildman–Crippen MR) is 71.6 cm³/mol. The van der Waals surface area contributed by atoms with Gasteiger partial charge in [0.25, 0.3) is 0 Å². The zero-order chi connectivity index (χ0) is 13.3. The molecule has 1 unspecified atom stereocenters. The lowest BCUT2D eigenvalue weighted by Gasteiger charge is -2.14. The van der Waals surface area contributed by atoms with E-state index in [1.54, 1.807) is 13.1 Å². The highest BCUT2D eigenvalue weighted by Gasteiger charge is 2.14. The number of nitrogen functional groups attached to an aromatic ring is 1. The Morgan fingerprint density at radius 3 is 2.83 bits per heavy atom. The summed E-state index contributed by atoms with van der Waals surface area (Å²) < 4.78 is 0. The number of hydrogen-bond acceptors (Lipinski definition) is 4. The van der Waals surface area contributed by atoms with Crippen molar-refractivity contribution in [1.82, 2.24) is 4.98 Å². The standard InChI is InChI=1S/C13H15N3O2/c1-7-3-4-10(14)9-5-6-15-12(11(7)9)16-8(2)13(17)18/h3-6,8H,14H2,1-2H3,(H,15,16)(H,17,18). The predicted octanol–water partition coefficient (Wildman–Crippen LogP) is 2.01. The van der Waals surface area contributed by atoms with Crippen molar-refractivity contribution in [3.8, 4) is 0 Å². The topological polar surface area (TPSA) is 88.2 Å². The molecule has 0 bridgehead atoms. The van der Waals surface area contributed by atoms with Gasteiger partial charge in [-0.3, -0.25) is 4.79 Å². The van der Waals surface area contributed by atoms with Crippen LogP contribution in [0, 0.1) is 6.92 Å². The first-order valence-corrected chi connectivity index (χ1v) is 5.64. The van der Waals surface area contributed by atoms with Crippen LogP contribution in [0.25, 0.3) is 10.8 Å². The Bertz CT molecular complexity index is 610. The number of aliphatic carboxylic acids is 1. The molecule has 4 N–H and O–H groups in total. The number of anilines is 2. The molecule has 5 heteroatoms. The monoisotopic (exact) mass is 245 g/mol. The Hall–Kier alpha value is -2.30. The number of carboxylic acids is 1. The van der Waals surface area contributed by atoms with Crippen LogP contribution in [0.2, 0.25) is 0 Å². The Morgan fingerprint density at radius 1 is 1.44 bits per heavy atom. The summed E-state index contributed by atoms with van der Waals surface area (Å²) in [5.41, 5.74) is 7.58. The molecule has 2 aromatic rings. The van der Waals surface area contributed by atoms with Crippen molar-refractivity contribution in [2.24, 2.45) is 0 Å². The van der Waals surface area contributed by atoms with Gasteiger partial charge in [-0.2, -0.15) is 0 Å². The van der Waals surface area contributed by atoms with E-state index in [1.807, 2.05) is 25.1 Å². The Morgan fingerprint density at radius 2 is 2.17 bits per heavy atom. The van der Waals surface area contributed by atoms with E-state index in [2.05, 4.69) is 10.3 Å². The maximum atomic E-state index is 10.9. The molecule has 0 saturated heterocycles. The maximum absolute atomic E-state index is 10.9. The average molecular weight is 245 g/mol. The number of nitrogens with zero attached hydrogens (tertiary/aromatic N) is 1. The second-order valence-corrected chi connectivity index (χ2v) is 4.26. The molecule has 18 heavy (non-hydrogen) atoms. The summed E-state index contributed by atoms with van der Waals surface area (Å²) in [6.07, 6.45) is 1.62. The van der Waals surface area contributed by atoms with Crippen molar-refractivity contribution in [1.29, 1.82) is 0 Å². The van der Waals surface area contributed by atoms with E-state index < -0.39 is 12.0 Å². The van der Waals surface area contributed by atoms with Gasteiger partial charge < -0.3 is 16.2 Å². The van der Waals surface area contributed by atoms with Crippen LogP contribution in [-0.4, -0.2) is 22.1 Å². The summed E-state index contributed by atoms with van der Waals surface area (Å²) >= 11 is 0. The van der Waals surface area contributed by atoms with E-state index in [-0.39, 0.29) is 0 Å². The molecule has 0 aliphatic rings. The van der Waals surface area contributed by atoms with Crippen LogP contribution in [0.4, 0.5) is 11.5 Å². The quantitative estimate of drug-likeness (QED) is 0.720. The number of nitrogens with one attached hydrogen (secondary N) is 1. The van der Waals surface area contributed by atoms with Gasteiger partial charge >= 0.3 is 5.97 Å². The number of carbonyl (C=O) groups is 1. The maximum Gasteiger partial charge on any atom is 0.325 e. The Balaban J connectivity index is 2.58. The number of nitrogens with two attached hydrogens (primary N) is 1. The summed E-state index contributed by atoms with van der Waals surface area (Å²) in [5.74, 6) is -0.373. The fourth-order valence-electron chi connectivity index (χ4n) is 1.87. The van der Waals surface area contributed by atoms with Gasteiger partial charge in [0, 0.05) is 22.7 Å². The summed E-state index contributed by atoms with van der Waals surface area (Å²) in [4.78, 5) is 15.1. The smallest absolute Gasteiger partial charge is 0.325 e. The number of aromatic nitrogens is 1. The third-order valence-electron chi connectivity index (χ3n) is 2.89. The van der Waals surface area contributed by atoms with Crippen LogP contribution in [0.1, 0.15) is 12.5 Å². The minimum absolute atomic E-state index is 0.548. The van der Waals surface area contributed by atoms with E-state index in [1.165, 1.54) is 0 Å². The van der Waals surface area contributed by atoms with Crippen LogP contribution >= 0.6 is 0 Å². The van der Waals surface area contributed by atoms with E-state index in [4.69, 9.17) is 10.8 Å². The normalized spacial score (nSPS) is 12.3. The van der Waals surface area contributed by atoms with Crippen LogP contribution in [0.5, 0.6) is 0 Å². The average Bonchev–Trinajstić information content (AvgIpc) is 2.34. The van der Waals surface area contributed by atoms with Gasteiger partial charge in [0.15, 0.2) is 0 Å². The van der Waals surface area contributed by atoms with Crippen molar-refractivity contribution >= 4 is 28.2 Å². The molecule has 1 atom stereocenters. The molecule has 5 nitrogen and oxygen atoms in total. The molecule has 94 valence electrons. The second-order valence-electron chi connectivity index (χ2n) is 4.26. The number of pyridine rings is 1. The molecule has 0 amide bonds. The molecule has 0 aliphatic heterocycles. The van der Waals surface area contributed by atoms with Gasteiger partial charge in [-0.15, -0.1) is 0 Å². The van der Waals surface area contributed by atoms with Crippen LogP contribution in [0.3, 0.4) is 0 Å². The van der Waals surface area contributed by atoms with E-state index in [0.29, 0.717) is 11.5 Å². The summed E-state index contributed by atoms with van der Waals surface area (Å²) in [7, 11) is 0. The minimum atomic E-state index is -0.921. The third kappa shape index (κ3) is 2.07. The molecular formula is C13H15N3O2. The third-order valence-corrected chi connectivity index (χ3v) is 2.89. The summed E-state index contributed by atoms with van der Waals surface area (Å²) in [5, 5.41) is 13.6. The Labute approximate surface area is 105 Å². The van der Waals surface area contributed by atoms with Gasteiger partial charge in [0.2, 0.25) is 0 Å². The Kier molecular flexibility index (Phi) is 3.06. The zero-order valence-corrected chi connectivity index (χ0v) is 10.3. The van der Waals surface area contributed by atoms with Gasteiger partial charge in [-0.05, 0) is 31.5 Å². The molecule has 0 fully saturated rings. The number of benzene rings is 1. The highest BCUT2D eigenvalue weighted by molar-refractivity contribution is 6.01. The SMILES string of the molecule is Cc1ccc(N)c2ccnc(NC(C)C(=O)O)c12. The fraction of sp³-hybridized carbons (Fsp3) is 0.231. The highest BCUT2D eigenvalue weighted by atomic mass is 16.4. The van der Waals surface area contributed by atoms with Crippen molar-refractivity contribution in [2.45, 2.75) is 19.9 Å². The van der Waals surface area contributed by atoms with Crippen LogP contribution in [-0.2, 0) is 4.79 Å². The molecular weight excluding hydrogens is 230 g/mol. The summed E-state index contributed by atoms with van der Waals surface area (Å²) in [6.45, 7) is 3.52. The molecule has 0 saturated carbocycles. The number of aryl methyl sites for hydroxylation is 1. The molecule has 0 spiro atoms. The highest BCUT2D eigenvalue weighted by Crippen LogP contribution is 2.29. The van der Waals surface area contributed by atoms with Crippen molar-refractivity contribution in [2.75, 3.05) is 11.1 Å². The molecule has 1 aromatic heterocycles. The van der Waals surface area contributed by atoms with E-state index in [0.717, 1.165) is 16.3 Å². The van der Waals surface area contributed by atoms with Gasteiger partial charge in [0.1, 0.15) is 11.9 Å². The zero-order valence-electron chi connectivity index (χ0n) is 10.3. The van der Waals surface area contributed by atoms with E-state index >= 15 is 0 Å². The molecule has 1 aromatic carbocycles. The van der Waals surface area contributed by atoms with Gasteiger partial charge in [-0.1, -0.05) is 6.07 Å². The lowest BCUT2D eigenvalue weighted by Crippen LogP contribution is -2.26. The number of rotatable bonds is 3.